The molecule has 0 saturated carbocycles. The van der Waals surface area contributed by atoms with Gasteiger partial charge in [0, 0.05) is 44.8 Å². The highest BCUT2D eigenvalue weighted by atomic mass is 16.2. The van der Waals surface area contributed by atoms with Crippen LogP contribution in [0.4, 0.5) is 5.69 Å². The van der Waals surface area contributed by atoms with E-state index in [0.29, 0.717) is 12.5 Å². The van der Waals surface area contributed by atoms with Gasteiger partial charge in [-0.05, 0) is 24.0 Å². The van der Waals surface area contributed by atoms with E-state index in [0.717, 1.165) is 36.7 Å². The number of para-hydroxylation sites is 1. The summed E-state index contributed by atoms with van der Waals surface area (Å²) in [6.07, 6.45) is 3.76. The van der Waals surface area contributed by atoms with Crippen molar-refractivity contribution >= 4 is 11.6 Å². The van der Waals surface area contributed by atoms with Crippen LogP contribution in [-0.4, -0.2) is 46.5 Å². The first-order chi connectivity index (χ1) is 12.5. The summed E-state index contributed by atoms with van der Waals surface area (Å²) in [5.74, 6) is 1.38. The Bertz CT molecular complexity index is 767. The summed E-state index contributed by atoms with van der Waals surface area (Å²) < 4.78 is 2.03. The molecule has 0 spiro atoms. The fourth-order valence-electron chi connectivity index (χ4n) is 3.59. The molecule has 1 saturated heterocycles. The van der Waals surface area contributed by atoms with Crippen LogP contribution in [0.5, 0.6) is 0 Å². The molecule has 0 radical (unpaired) electrons. The SMILES string of the molecule is Cc1cccc(C(C)C)c1NC(=O)CN1CCNCC1c1nccn1C. The van der Waals surface area contributed by atoms with Crippen LogP contribution in [0.2, 0.25) is 0 Å². The number of imidazole rings is 1. The van der Waals surface area contributed by atoms with E-state index in [-0.39, 0.29) is 11.9 Å². The summed E-state index contributed by atoms with van der Waals surface area (Å²) in [4.78, 5) is 19.5. The second-order valence-electron chi connectivity index (χ2n) is 7.33. The average Bonchev–Trinajstić information content (AvgIpc) is 3.03. The Hall–Kier alpha value is -2.18. The Labute approximate surface area is 155 Å². The molecule has 140 valence electrons. The first-order valence-electron chi connectivity index (χ1n) is 9.28. The summed E-state index contributed by atoms with van der Waals surface area (Å²) in [5, 5.41) is 6.57. The predicted octanol–water partition coefficient (Wildman–Crippen LogP) is 2.44. The third kappa shape index (κ3) is 3.97. The van der Waals surface area contributed by atoms with Crippen LogP contribution in [0.3, 0.4) is 0 Å². The van der Waals surface area contributed by atoms with Crippen LogP contribution in [0, 0.1) is 6.92 Å². The quantitative estimate of drug-likeness (QED) is 0.865. The number of rotatable bonds is 5. The van der Waals surface area contributed by atoms with E-state index in [1.807, 2.05) is 43.1 Å². The standard InChI is InChI=1S/C20H29N5O/c1-14(2)16-7-5-6-15(3)19(16)23-18(26)13-25-11-8-21-12-17(25)20-22-9-10-24(20)4/h5-7,9-10,14,17,21H,8,11-13H2,1-4H3,(H,23,26). The molecule has 2 N–H and O–H groups in total. The topological polar surface area (TPSA) is 62.2 Å². The number of aromatic nitrogens is 2. The van der Waals surface area contributed by atoms with E-state index in [1.165, 1.54) is 5.56 Å². The molecular weight excluding hydrogens is 326 g/mol. The Morgan fingerprint density at radius 3 is 2.92 bits per heavy atom. The van der Waals surface area contributed by atoms with Gasteiger partial charge in [0.2, 0.25) is 5.91 Å². The van der Waals surface area contributed by atoms with Crippen molar-refractivity contribution in [3.05, 3.63) is 47.5 Å². The lowest BCUT2D eigenvalue weighted by atomic mass is 9.98. The molecule has 3 rings (SSSR count). The molecule has 0 aliphatic carbocycles. The summed E-state index contributed by atoms with van der Waals surface area (Å²) in [6, 6.07) is 6.29. The van der Waals surface area contributed by atoms with Crippen LogP contribution < -0.4 is 10.6 Å². The molecule has 2 aromatic rings. The van der Waals surface area contributed by atoms with Crippen molar-refractivity contribution in [1.29, 1.82) is 0 Å². The van der Waals surface area contributed by atoms with Gasteiger partial charge in [-0.2, -0.15) is 0 Å². The van der Waals surface area contributed by atoms with Gasteiger partial charge in [-0.15, -0.1) is 0 Å². The molecule has 0 bridgehead atoms. The minimum atomic E-state index is 0.0299. The monoisotopic (exact) mass is 355 g/mol. The molecular formula is C20H29N5O. The summed E-state index contributed by atoms with van der Waals surface area (Å²) in [7, 11) is 2.00. The van der Waals surface area contributed by atoms with Gasteiger partial charge >= 0.3 is 0 Å². The maximum Gasteiger partial charge on any atom is 0.238 e. The number of hydrogen-bond donors (Lipinski definition) is 2. The van der Waals surface area contributed by atoms with E-state index in [4.69, 9.17) is 0 Å². The molecule has 1 amide bonds. The maximum atomic E-state index is 12.8. The highest BCUT2D eigenvalue weighted by molar-refractivity contribution is 5.94. The number of hydrogen-bond acceptors (Lipinski definition) is 4. The molecule has 1 unspecified atom stereocenters. The Balaban J connectivity index is 1.74. The average molecular weight is 355 g/mol. The Kier molecular flexibility index (Phi) is 5.74. The molecule has 6 heteroatoms. The molecule has 6 nitrogen and oxygen atoms in total. The van der Waals surface area contributed by atoms with Gasteiger partial charge in [-0.25, -0.2) is 4.98 Å². The van der Waals surface area contributed by atoms with Crippen LogP contribution >= 0.6 is 0 Å². The number of nitrogens with zero attached hydrogens (tertiary/aromatic N) is 3. The highest BCUT2D eigenvalue weighted by Crippen LogP contribution is 2.27. The number of anilines is 1. The van der Waals surface area contributed by atoms with Crippen molar-refractivity contribution in [2.24, 2.45) is 7.05 Å². The van der Waals surface area contributed by atoms with Crippen molar-refractivity contribution < 1.29 is 4.79 Å². The van der Waals surface area contributed by atoms with Gasteiger partial charge in [-0.1, -0.05) is 32.0 Å². The lowest BCUT2D eigenvalue weighted by molar-refractivity contribution is -0.118. The van der Waals surface area contributed by atoms with Crippen LogP contribution in [0.15, 0.2) is 30.6 Å². The second kappa shape index (κ2) is 8.01. The van der Waals surface area contributed by atoms with Crippen molar-refractivity contribution in [2.45, 2.75) is 32.7 Å². The second-order valence-corrected chi connectivity index (χ2v) is 7.33. The third-order valence-corrected chi connectivity index (χ3v) is 5.05. The smallest absolute Gasteiger partial charge is 0.238 e. The Morgan fingerprint density at radius 1 is 1.42 bits per heavy atom. The molecule has 1 aliphatic heterocycles. The number of aryl methyl sites for hydroxylation is 2. The first kappa shape index (κ1) is 18.6. The van der Waals surface area contributed by atoms with E-state index >= 15 is 0 Å². The minimum Gasteiger partial charge on any atom is -0.337 e. The number of piperazine rings is 1. The normalized spacial score (nSPS) is 18.3. The molecule has 1 fully saturated rings. The number of carbonyl (C=O) groups is 1. The molecule has 1 aromatic carbocycles. The number of benzene rings is 1. The fraction of sp³-hybridized carbons (Fsp3) is 0.500. The largest absolute Gasteiger partial charge is 0.337 e. The number of nitrogens with one attached hydrogen (secondary N) is 2. The molecule has 26 heavy (non-hydrogen) atoms. The number of amides is 1. The third-order valence-electron chi connectivity index (χ3n) is 5.05. The zero-order chi connectivity index (χ0) is 18.7. The van der Waals surface area contributed by atoms with E-state index in [2.05, 4.69) is 40.4 Å². The highest BCUT2D eigenvalue weighted by Gasteiger charge is 2.28. The fourth-order valence-corrected chi connectivity index (χ4v) is 3.59. The zero-order valence-corrected chi connectivity index (χ0v) is 16.1. The van der Waals surface area contributed by atoms with E-state index in [9.17, 15) is 4.79 Å². The zero-order valence-electron chi connectivity index (χ0n) is 16.1. The van der Waals surface area contributed by atoms with Gasteiger partial charge in [0.05, 0.1) is 12.6 Å². The number of carbonyl (C=O) groups excluding carboxylic acids is 1. The maximum absolute atomic E-state index is 12.8. The van der Waals surface area contributed by atoms with Gasteiger partial charge in [0.1, 0.15) is 5.82 Å². The van der Waals surface area contributed by atoms with Gasteiger partial charge < -0.3 is 15.2 Å². The molecule has 1 aliphatic rings. The summed E-state index contributed by atoms with van der Waals surface area (Å²) in [5.41, 5.74) is 3.24. The predicted molar refractivity (Wildman–Crippen MR) is 104 cm³/mol. The summed E-state index contributed by atoms with van der Waals surface area (Å²) in [6.45, 7) is 9.23. The van der Waals surface area contributed by atoms with Gasteiger partial charge in [0.25, 0.3) is 0 Å². The molecule has 1 atom stereocenters. The van der Waals surface area contributed by atoms with Gasteiger partial charge in [0.15, 0.2) is 0 Å². The summed E-state index contributed by atoms with van der Waals surface area (Å²) >= 11 is 0. The van der Waals surface area contributed by atoms with E-state index in [1.54, 1.807) is 0 Å². The van der Waals surface area contributed by atoms with Crippen molar-refractivity contribution in [3.63, 3.8) is 0 Å². The van der Waals surface area contributed by atoms with Crippen LogP contribution in [0.1, 0.15) is 42.8 Å². The lowest BCUT2D eigenvalue weighted by Gasteiger charge is -2.35. The first-order valence-corrected chi connectivity index (χ1v) is 9.28. The van der Waals surface area contributed by atoms with Crippen molar-refractivity contribution in [2.75, 3.05) is 31.5 Å². The Morgan fingerprint density at radius 2 is 2.23 bits per heavy atom. The van der Waals surface area contributed by atoms with Gasteiger partial charge in [-0.3, -0.25) is 9.69 Å². The molecule has 1 aromatic heterocycles. The minimum absolute atomic E-state index is 0.0299. The van der Waals surface area contributed by atoms with Crippen LogP contribution in [-0.2, 0) is 11.8 Å². The van der Waals surface area contributed by atoms with Crippen molar-refractivity contribution in [1.82, 2.24) is 19.8 Å². The van der Waals surface area contributed by atoms with Crippen LogP contribution in [0.25, 0.3) is 0 Å². The van der Waals surface area contributed by atoms with E-state index < -0.39 is 0 Å². The lowest BCUT2D eigenvalue weighted by Crippen LogP contribution is -2.49. The molecule has 2 heterocycles. The van der Waals surface area contributed by atoms with Crippen molar-refractivity contribution in [3.8, 4) is 0 Å².